The van der Waals surface area contributed by atoms with Crippen molar-refractivity contribution < 1.29 is 4.74 Å². The summed E-state index contributed by atoms with van der Waals surface area (Å²) >= 11 is 0. The van der Waals surface area contributed by atoms with E-state index in [1.54, 1.807) is 7.11 Å². The molecule has 1 heterocycles. The molecule has 1 aliphatic rings. The Kier molecular flexibility index (Phi) is 5.35. The summed E-state index contributed by atoms with van der Waals surface area (Å²) in [6.07, 6.45) is 1.37. The van der Waals surface area contributed by atoms with Gasteiger partial charge in [-0.05, 0) is 18.9 Å². The van der Waals surface area contributed by atoms with Gasteiger partial charge >= 0.3 is 0 Å². The minimum atomic E-state index is 0.816. The van der Waals surface area contributed by atoms with Gasteiger partial charge in [0.2, 0.25) is 0 Å². The van der Waals surface area contributed by atoms with Crippen molar-refractivity contribution >= 4 is 0 Å². The Balaban J connectivity index is 1.88. The third-order valence-electron chi connectivity index (χ3n) is 2.60. The van der Waals surface area contributed by atoms with Crippen molar-refractivity contribution in [3.8, 4) is 0 Å². The summed E-state index contributed by atoms with van der Waals surface area (Å²) in [5.41, 5.74) is 0. The molecule has 0 radical (unpaired) electrons. The second kappa shape index (κ2) is 6.35. The molecule has 0 spiro atoms. The highest BCUT2D eigenvalue weighted by atomic mass is 16.5. The molecule has 13 heavy (non-hydrogen) atoms. The van der Waals surface area contributed by atoms with Crippen LogP contribution >= 0.6 is 0 Å². The predicted molar refractivity (Wildman–Crippen MR) is 55.0 cm³/mol. The molecule has 0 saturated carbocycles. The molecule has 1 rings (SSSR count). The number of rotatable bonds is 6. The monoisotopic (exact) mass is 186 g/mol. The van der Waals surface area contributed by atoms with Gasteiger partial charge in [-0.25, -0.2) is 0 Å². The van der Waals surface area contributed by atoms with Crippen LogP contribution in [0.15, 0.2) is 0 Å². The van der Waals surface area contributed by atoms with Gasteiger partial charge in [0.15, 0.2) is 0 Å². The summed E-state index contributed by atoms with van der Waals surface area (Å²) in [6, 6.07) is 0. The largest absolute Gasteiger partial charge is 0.383 e. The summed E-state index contributed by atoms with van der Waals surface area (Å²) in [4.78, 5) is 2.53. The standard InChI is InChI=1S/C10H22N2O/c1-10-3-6-12(9-10)7-4-11-5-8-13-2/h10-11H,3-9H2,1-2H3. The lowest BCUT2D eigenvalue weighted by Crippen LogP contribution is -2.31. The van der Waals surface area contributed by atoms with Crippen LogP contribution in [0, 0.1) is 5.92 Å². The zero-order valence-corrected chi connectivity index (χ0v) is 8.88. The number of methoxy groups -OCH3 is 1. The Morgan fingerprint density at radius 2 is 2.31 bits per heavy atom. The topological polar surface area (TPSA) is 24.5 Å². The molecule has 0 bridgehead atoms. The molecule has 3 nitrogen and oxygen atoms in total. The average molecular weight is 186 g/mol. The maximum absolute atomic E-state index is 4.95. The molecule has 1 unspecified atom stereocenters. The van der Waals surface area contributed by atoms with Crippen LogP contribution in [-0.4, -0.2) is 51.3 Å². The minimum absolute atomic E-state index is 0.816. The van der Waals surface area contributed by atoms with E-state index in [0.29, 0.717) is 0 Å². The lowest BCUT2D eigenvalue weighted by molar-refractivity contribution is 0.197. The fourth-order valence-corrected chi connectivity index (χ4v) is 1.77. The summed E-state index contributed by atoms with van der Waals surface area (Å²) in [6.45, 7) is 8.97. The number of ether oxygens (including phenoxy) is 1. The van der Waals surface area contributed by atoms with E-state index in [1.807, 2.05) is 0 Å². The number of hydrogen-bond donors (Lipinski definition) is 1. The molecule has 1 N–H and O–H groups in total. The molecule has 78 valence electrons. The van der Waals surface area contributed by atoms with Gasteiger partial charge in [0, 0.05) is 33.3 Å². The van der Waals surface area contributed by atoms with Crippen molar-refractivity contribution in [2.75, 3.05) is 46.4 Å². The maximum Gasteiger partial charge on any atom is 0.0587 e. The van der Waals surface area contributed by atoms with E-state index in [9.17, 15) is 0 Å². The Morgan fingerprint density at radius 1 is 1.46 bits per heavy atom. The number of likely N-dealkylation sites (tertiary alicyclic amines) is 1. The predicted octanol–water partition coefficient (Wildman–Crippen LogP) is 0.564. The molecule has 1 aliphatic heterocycles. The Hall–Kier alpha value is -0.120. The van der Waals surface area contributed by atoms with Crippen LogP contribution in [0.4, 0.5) is 0 Å². The van der Waals surface area contributed by atoms with Crippen molar-refractivity contribution in [1.29, 1.82) is 0 Å². The third-order valence-corrected chi connectivity index (χ3v) is 2.60. The first-order valence-corrected chi connectivity index (χ1v) is 5.25. The van der Waals surface area contributed by atoms with Gasteiger partial charge < -0.3 is 15.0 Å². The zero-order chi connectivity index (χ0) is 9.52. The van der Waals surface area contributed by atoms with Crippen LogP contribution < -0.4 is 5.32 Å². The second-order valence-electron chi connectivity index (χ2n) is 3.94. The van der Waals surface area contributed by atoms with E-state index >= 15 is 0 Å². The van der Waals surface area contributed by atoms with Crippen LogP contribution in [0.5, 0.6) is 0 Å². The van der Waals surface area contributed by atoms with Crippen molar-refractivity contribution in [3.05, 3.63) is 0 Å². The number of hydrogen-bond acceptors (Lipinski definition) is 3. The van der Waals surface area contributed by atoms with Crippen LogP contribution in [0.3, 0.4) is 0 Å². The average Bonchev–Trinajstić information content (AvgIpc) is 2.51. The zero-order valence-electron chi connectivity index (χ0n) is 8.88. The molecule has 0 aliphatic carbocycles. The van der Waals surface area contributed by atoms with Crippen LogP contribution in [0.1, 0.15) is 13.3 Å². The second-order valence-corrected chi connectivity index (χ2v) is 3.94. The SMILES string of the molecule is COCCNCCN1CCC(C)C1. The van der Waals surface area contributed by atoms with Crippen molar-refractivity contribution in [1.82, 2.24) is 10.2 Å². The van der Waals surface area contributed by atoms with E-state index in [2.05, 4.69) is 17.1 Å². The first-order chi connectivity index (χ1) is 6.33. The van der Waals surface area contributed by atoms with Crippen molar-refractivity contribution in [3.63, 3.8) is 0 Å². The van der Waals surface area contributed by atoms with E-state index in [1.165, 1.54) is 26.1 Å². The van der Waals surface area contributed by atoms with Gasteiger partial charge in [-0.3, -0.25) is 0 Å². The summed E-state index contributed by atoms with van der Waals surface area (Å²) in [7, 11) is 1.74. The Morgan fingerprint density at radius 3 is 2.92 bits per heavy atom. The third kappa shape index (κ3) is 4.60. The lowest BCUT2D eigenvalue weighted by Gasteiger charge is -2.15. The van der Waals surface area contributed by atoms with E-state index < -0.39 is 0 Å². The van der Waals surface area contributed by atoms with Gasteiger partial charge in [0.25, 0.3) is 0 Å². The molecule has 3 heteroatoms. The van der Waals surface area contributed by atoms with Gasteiger partial charge in [-0.1, -0.05) is 6.92 Å². The highest BCUT2D eigenvalue weighted by molar-refractivity contribution is 4.72. The minimum Gasteiger partial charge on any atom is -0.383 e. The van der Waals surface area contributed by atoms with Crippen LogP contribution in [0.25, 0.3) is 0 Å². The van der Waals surface area contributed by atoms with Crippen LogP contribution in [-0.2, 0) is 4.74 Å². The fraction of sp³-hybridized carbons (Fsp3) is 1.00. The van der Waals surface area contributed by atoms with E-state index in [-0.39, 0.29) is 0 Å². The summed E-state index contributed by atoms with van der Waals surface area (Å²) in [5, 5.41) is 3.36. The molecule has 1 fully saturated rings. The molecule has 0 amide bonds. The first kappa shape index (κ1) is 11.0. The molecular weight excluding hydrogens is 164 g/mol. The fourth-order valence-electron chi connectivity index (χ4n) is 1.77. The van der Waals surface area contributed by atoms with Crippen molar-refractivity contribution in [2.24, 2.45) is 5.92 Å². The lowest BCUT2D eigenvalue weighted by atomic mass is 10.2. The molecule has 0 aromatic carbocycles. The Bertz CT molecular complexity index is 130. The van der Waals surface area contributed by atoms with Gasteiger partial charge in [-0.15, -0.1) is 0 Å². The molecule has 0 aromatic heterocycles. The number of nitrogens with one attached hydrogen (secondary N) is 1. The van der Waals surface area contributed by atoms with Gasteiger partial charge in [0.1, 0.15) is 0 Å². The van der Waals surface area contributed by atoms with Crippen molar-refractivity contribution in [2.45, 2.75) is 13.3 Å². The molecular formula is C10H22N2O. The van der Waals surface area contributed by atoms with Gasteiger partial charge in [0.05, 0.1) is 6.61 Å². The molecule has 1 saturated heterocycles. The van der Waals surface area contributed by atoms with E-state index in [0.717, 1.165) is 25.6 Å². The highest BCUT2D eigenvalue weighted by Crippen LogP contribution is 2.13. The highest BCUT2D eigenvalue weighted by Gasteiger charge is 2.17. The molecule has 1 atom stereocenters. The Labute approximate surface area is 81.4 Å². The normalized spacial score (nSPS) is 24.0. The van der Waals surface area contributed by atoms with Crippen LogP contribution in [0.2, 0.25) is 0 Å². The quantitative estimate of drug-likeness (QED) is 0.614. The molecule has 0 aromatic rings. The first-order valence-electron chi connectivity index (χ1n) is 5.25. The number of nitrogens with zero attached hydrogens (tertiary/aromatic N) is 1. The summed E-state index contributed by atoms with van der Waals surface area (Å²) < 4.78 is 4.95. The van der Waals surface area contributed by atoms with Gasteiger partial charge in [-0.2, -0.15) is 0 Å². The summed E-state index contributed by atoms with van der Waals surface area (Å²) in [5.74, 6) is 0.902. The van der Waals surface area contributed by atoms with E-state index in [4.69, 9.17) is 4.74 Å². The smallest absolute Gasteiger partial charge is 0.0587 e. The maximum atomic E-state index is 4.95.